The van der Waals surface area contributed by atoms with Crippen molar-refractivity contribution in [3.63, 3.8) is 0 Å². The SMILES string of the molecule is CC1CCC(NC(=O)Cc2ccc(Cl)cc2Cl)CC1C.O=C(O)O. The number of carbonyl (C=O) groups excluding carboxylic acids is 1. The summed E-state index contributed by atoms with van der Waals surface area (Å²) in [5.74, 6) is 1.48. The van der Waals surface area contributed by atoms with E-state index in [2.05, 4.69) is 19.2 Å². The van der Waals surface area contributed by atoms with E-state index in [1.807, 2.05) is 6.07 Å². The summed E-state index contributed by atoms with van der Waals surface area (Å²) in [6, 6.07) is 5.56. The van der Waals surface area contributed by atoms with Crippen LogP contribution in [-0.2, 0) is 11.2 Å². The van der Waals surface area contributed by atoms with E-state index in [1.165, 1.54) is 6.42 Å². The van der Waals surface area contributed by atoms with Gasteiger partial charge in [-0.2, -0.15) is 0 Å². The molecule has 3 N–H and O–H groups in total. The Balaban J connectivity index is 0.000000648. The van der Waals surface area contributed by atoms with Crippen LogP contribution in [0, 0.1) is 11.8 Å². The van der Waals surface area contributed by atoms with Gasteiger partial charge in [0.1, 0.15) is 0 Å². The highest BCUT2D eigenvalue weighted by atomic mass is 35.5. The third-order valence-electron chi connectivity index (χ3n) is 4.33. The molecule has 134 valence electrons. The molecule has 1 aliphatic rings. The number of benzene rings is 1. The van der Waals surface area contributed by atoms with Crippen molar-refractivity contribution in [2.24, 2.45) is 11.8 Å². The number of rotatable bonds is 3. The van der Waals surface area contributed by atoms with Crippen molar-refractivity contribution in [1.29, 1.82) is 0 Å². The molecule has 0 saturated heterocycles. The Hall–Kier alpha value is -1.46. The van der Waals surface area contributed by atoms with E-state index < -0.39 is 6.16 Å². The number of amides is 1. The lowest BCUT2D eigenvalue weighted by Crippen LogP contribution is -2.40. The summed E-state index contributed by atoms with van der Waals surface area (Å²) in [7, 11) is 0. The van der Waals surface area contributed by atoms with Crippen LogP contribution in [0.25, 0.3) is 0 Å². The van der Waals surface area contributed by atoms with E-state index in [4.69, 9.17) is 38.2 Å². The van der Waals surface area contributed by atoms with Crippen molar-refractivity contribution >= 4 is 35.3 Å². The van der Waals surface area contributed by atoms with Crippen molar-refractivity contribution in [3.05, 3.63) is 33.8 Å². The summed E-state index contributed by atoms with van der Waals surface area (Å²) >= 11 is 11.9. The number of hydrogen-bond donors (Lipinski definition) is 3. The number of carbonyl (C=O) groups is 2. The second-order valence-electron chi connectivity index (χ2n) is 6.23. The van der Waals surface area contributed by atoms with Gasteiger partial charge in [0.15, 0.2) is 0 Å². The second-order valence-corrected chi connectivity index (χ2v) is 7.07. The lowest BCUT2D eigenvalue weighted by atomic mass is 9.79. The lowest BCUT2D eigenvalue weighted by molar-refractivity contribution is -0.121. The van der Waals surface area contributed by atoms with E-state index in [-0.39, 0.29) is 5.91 Å². The van der Waals surface area contributed by atoms with E-state index in [9.17, 15) is 4.79 Å². The summed E-state index contributed by atoms with van der Waals surface area (Å²) in [4.78, 5) is 20.7. The number of halogens is 2. The molecule has 0 heterocycles. The van der Waals surface area contributed by atoms with Gasteiger partial charge >= 0.3 is 6.16 Å². The molecule has 0 radical (unpaired) electrons. The van der Waals surface area contributed by atoms with Gasteiger partial charge in [-0.15, -0.1) is 0 Å². The van der Waals surface area contributed by atoms with Gasteiger partial charge in [0.25, 0.3) is 0 Å². The van der Waals surface area contributed by atoms with Gasteiger partial charge in [0.2, 0.25) is 5.91 Å². The van der Waals surface area contributed by atoms with E-state index in [0.717, 1.165) is 24.3 Å². The van der Waals surface area contributed by atoms with Crippen LogP contribution >= 0.6 is 23.2 Å². The first-order valence-electron chi connectivity index (χ1n) is 7.84. The molecule has 1 aliphatic carbocycles. The normalized spacial score (nSPS) is 22.9. The largest absolute Gasteiger partial charge is 0.503 e. The molecule has 2 rings (SSSR count). The smallest absolute Gasteiger partial charge is 0.450 e. The van der Waals surface area contributed by atoms with Gasteiger partial charge < -0.3 is 15.5 Å². The molecule has 1 aromatic rings. The van der Waals surface area contributed by atoms with Crippen LogP contribution in [-0.4, -0.2) is 28.3 Å². The topological polar surface area (TPSA) is 86.6 Å². The predicted molar refractivity (Wildman–Crippen MR) is 94.9 cm³/mol. The quantitative estimate of drug-likeness (QED) is 0.714. The molecule has 1 saturated carbocycles. The molecule has 1 aromatic carbocycles. The van der Waals surface area contributed by atoms with Crippen LogP contribution in [0.2, 0.25) is 10.0 Å². The molecule has 0 aliphatic heterocycles. The zero-order valence-corrected chi connectivity index (χ0v) is 15.3. The highest BCUT2D eigenvalue weighted by molar-refractivity contribution is 6.35. The highest BCUT2D eigenvalue weighted by Crippen LogP contribution is 2.29. The monoisotopic (exact) mass is 375 g/mol. The molecule has 1 fully saturated rings. The molecule has 1 amide bonds. The summed E-state index contributed by atoms with van der Waals surface area (Å²) < 4.78 is 0. The molecule has 3 unspecified atom stereocenters. The van der Waals surface area contributed by atoms with Crippen molar-refractivity contribution in [2.45, 2.75) is 45.6 Å². The third-order valence-corrected chi connectivity index (χ3v) is 4.92. The minimum Gasteiger partial charge on any atom is -0.450 e. The Bertz CT molecular complexity index is 576. The molecular weight excluding hydrogens is 353 g/mol. The number of carboxylic acid groups (broad SMARTS) is 2. The summed E-state index contributed by atoms with van der Waals surface area (Å²) in [6.45, 7) is 4.55. The Morgan fingerprint density at radius 2 is 1.79 bits per heavy atom. The van der Waals surface area contributed by atoms with Crippen molar-refractivity contribution < 1.29 is 19.8 Å². The lowest BCUT2D eigenvalue weighted by Gasteiger charge is -2.32. The van der Waals surface area contributed by atoms with Crippen LogP contribution in [0.3, 0.4) is 0 Å². The van der Waals surface area contributed by atoms with E-state index >= 15 is 0 Å². The Labute approximate surface area is 152 Å². The van der Waals surface area contributed by atoms with Gasteiger partial charge in [-0.3, -0.25) is 4.79 Å². The third kappa shape index (κ3) is 7.41. The van der Waals surface area contributed by atoms with Gasteiger partial charge in [0.05, 0.1) is 6.42 Å². The number of nitrogens with one attached hydrogen (secondary N) is 1. The van der Waals surface area contributed by atoms with Crippen LogP contribution in [0.5, 0.6) is 0 Å². The second kappa shape index (κ2) is 9.74. The van der Waals surface area contributed by atoms with Crippen molar-refractivity contribution in [2.75, 3.05) is 0 Å². The van der Waals surface area contributed by atoms with E-state index in [0.29, 0.717) is 28.4 Å². The Morgan fingerprint density at radius 1 is 1.17 bits per heavy atom. The fourth-order valence-corrected chi connectivity index (χ4v) is 3.27. The molecule has 3 atom stereocenters. The van der Waals surface area contributed by atoms with Crippen LogP contribution in [0.1, 0.15) is 38.7 Å². The zero-order valence-electron chi connectivity index (χ0n) is 13.8. The van der Waals surface area contributed by atoms with Crippen LogP contribution in [0.15, 0.2) is 18.2 Å². The molecule has 5 nitrogen and oxygen atoms in total. The van der Waals surface area contributed by atoms with Crippen molar-refractivity contribution in [1.82, 2.24) is 5.32 Å². The van der Waals surface area contributed by atoms with Crippen LogP contribution in [0.4, 0.5) is 4.79 Å². The highest BCUT2D eigenvalue weighted by Gasteiger charge is 2.25. The molecular formula is C17H23Cl2NO4. The summed E-state index contributed by atoms with van der Waals surface area (Å²) in [6.07, 6.45) is 1.82. The summed E-state index contributed by atoms with van der Waals surface area (Å²) in [5, 5.41) is 18.2. The van der Waals surface area contributed by atoms with Gasteiger partial charge in [-0.25, -0.2) is 4.79 Å². The average Bonchev–Trinajstić information content (AvgIpc) is 2.45. The maximum Gasteiger partial charge on any atom is 0.503 e. The molecule has 7 heteroatoms. The Kier molecular flexibility index (Phi) is 8.36. The van der Waals surface area contributed by atoms with Gasteiger partial charge in [0, 0.05) is 16.1 Å². The standard InChI is InChI=1S/C16H21Cl2NO.CH2O3/c1-10-3-6-14(7-11(10)2)19-16(20)8-12-4-5-13(17)9-15(12)18;2-1(3)4/h4-5,9-11,14H,3,6-8H2,1-2H3,(H,19,20);(H2,2,3,4). The minimum atomic E-state index is -1.83. The maximum absolute atomic E-state index is 12.1. The first-order valence-corrected chi connectivity index (χ1v) is 8.59. The predicted octanol–water partition coefficient (Wildman–Crippen LogP) is 4.70. The van der Waals surface area contributed by atoms with Gasteiger partial charge in [-0.05, 0) is 48.8 Å². The van der Waals surface area contributed by atoms with Gasteiger partial charge in [-0.1, -0.05) is 43.1 Å². The fourth-order valence-electron chi connectivity index (χ4n) is 2.80. The maximum atomic E-state index is 12.1. The summed E-state index contributed by atoms with van der Waals surface area (Å²) in [5.41, 5.74) is 0.825. The number of hydrogen-bond acceptors (Lipinski definition) is 2. The Morgan fingerprint density at radius 3 is 2.33 bits per heavy atom. The fraction of sp³-hybridized carbons (Fsp3) is 0.529. The minimum absolute atomic E-state index is 0.0426. The first-order chi connectivity index (χ1) is 11.2. The molecule has 0 spiro atoms. The zero-order chi connectivity index (χ0) is 18.3. The van der Waals surface area contributed by atoms with Crippen molar-refractivity contribution in [3.8, 4) is 0 Å². The van der Waals surface area contributed by atoms with Crippen LogP contribution < -0.4 is 5.32 Å². The molecule has 24 heavy (non-hydrogen) atoms. The molecule has 0 aromatic heterocycles. The molecule has 0 bridgehead atoms. The first kappa shape index (κ1) is 20.6. The average molecular weight is 376 g/mol. The van der Waals surface area contributed by atoms with E-state index in [1.54, 1.807) is 12.1 Å².